The fourth-order valence-corrected chi connectivity index (χ4v) is 3.97. The lowest BCUT2D eigenvalue weighted by molar-refractivity contribution is -0.121. The molecule has 0 radical (unpaired) electrons. The second kappa shape index (κ2) is 12.6. The second-order valence-electron chi connectivity index (χ2n) is 7.12. The van der Waals surface area contributed by atoms with E-state index in [-0.39, 0.29) is 11.7 Å². The molecular formula is C21H33FN4OS. The third-order valence-corrected chi connectivity index (χ3v) is 5.43. The Bertz CT molecular complexity index is 647. The first-order chi connectivity index (χ1) is 13.6. The number of benzene rings is 1. The van der Waals surface area contributed by atoms with E-state index >= 15 is 0 Å². The zero-order chi connectivity index (χ0) is 20.2. The molecule has 7 heteroatoms. The minimum Gasteiger partial charge on any atom is -0.357 e. The Morgan fingerprint density at radius 3 is 2.71 bits per heavy atom. The Morgan fingerprint density at radius 1 is 1.21 bits per heavy atom. The van der Waals surface area contributed by atoms with Gasteiger partial charge in [0.2, 0.25) is 5.91 Å². The number of amides is 1. The minimum absolute atomic E-state index is 0.0936. The molecule has 28 heavy (non-hydrogen) atoms. The highest BCUT2D eigenvalue weighted by molar-refractivity contribution is 7.97. The van der Waals surface area contributed by atoms with E-state index in [1.54, 1.807) is 23.9 Å². The number of nitrogens with zero attached hydrogens (tertiary/aromatic N) is 1. The number of hydrogen-bond acceptors (Lipinski definition) is 3. The van der Waals surface area contributed by atoms with Crippen LogP contribution in [0.1, 0.15) is 56.6 Å². The summed E-state index contributed by atoms with van der Waals surface area (Å²) in [5.74, 6) is 1.31. The molecule has 0 unspecified atom stereocenters. The summed E-state index contributed by atoms with van der Waals surface area (Å²) in [5, 5.41) is 9.55. The number of guanidine groups is 1. The average molecular weight is 409 g/mol. The van der Waals surface area contributed by atoms with Crippen LogP contribution in [-0.2, 0) is 17.1 Å². The van der Waals surface area contributed by atoms with Crippen LogP contribution in [0.5, 0.6) is 0 Å². The normalized spacial score (nSPS) is 15.3. The fraction of sp³-hybridized carbons (Fsp3) is 0.619. The van der Waals surface area contributed by atoms with Crippen molar-refractivity contribution in [1.82, 2.24) is 16.0 Å². The van der Waals surface area contributed by atoms with Gasteiger partial charge in [0.15, 0.2) is 5.96 Å². The van der Waals surface area contributed by atoms with Crippen LogP contribution in [0, 0.1) is 5.82 Å². The molecule has 1 aromatic carbocycles. The standard InChI is InChI=1S/C21H33FN4OS/c1-3-23-21(24-12-11-20(27)26-19-7-5-4-6-8-19)25-14-16-9-10-18(22)13-17(16)15-28-2/h9-10,13,19H,3-8,11-12,14-15H2,1-2H3,(H,26,27)(H2,23,24,25). The molecule has 1 aromatic rings. The summed E-state index contributed by atoms with van der Waals surface area (Å²) in [6.07, 6.45) is 8.32. The molecule has 0 aromatic heterocycles. The molecule has 1 aliphatic rings. The number of aliphatic imine (C=N–C) groups is 1. The molecule has 0 bridgehead atoms. The number of halogens is 1. The van der Waals surface area contributed by atoms with E-state index in [0.717, 1.165) is 36.3 Å². The van der Waals surface area contributed by atoms with Gasteiger partial charge in [-0.1, -0.05) is 25.3 Å². The topological polar surface area (TPSA) is 65.5 Å². The molecular weight excluding hydrogens is 375 g/mol. The summed E-state index contributed by atoms with van der Waals surface area (Å²) in [5.41, 5.74) is 1.99. The quantitative estimate of drug-likeness (QED) is 0.432. The Kier molecular flexibility index (Phi) is 10.2. The van der Waals surface area contributed by atoms with Crippen LogP contribution in [0.4, 0.5) is 4.39 Å². The van der Waals surface area contributed by atoms with Crippen molar-refractivity contribution < 1.29 is 9.18 Å². The van der Waals surface area contributed by atoms with E-state index in [2.05, 4.69) is 20.9 Å². The zero-order valence-corrected chi connectivity index (χ0v) is 17.8. The largest absolute Gasteiger partial charge is 0.357 e. The Balaban J connectivity index is 1.84. The predicted octanol–water partition coefficient (Wildman–Crippen LogP) is 3.58. The van der Waals surface area contributed by atoms with Gasteiger partial charge in [0, 0.05) is 31.3 Å². The Morgan fingerprint density at radius 2 is 2.00 bits per heavy atom. The average Bonchev–Trinajstić information content (AvgIpc) is 2.68. The van der Waals surface area contributed by atoms with Crippen molar-refractivity contribution in [2.75, 3.05) is 19.3 Å². The highest BCUT2D eigenvalue weighted by atomic mass is 32.2. The van der Waals surface area contributed by atoms with E-state index in [1.807, 2.05) is 13.2 Å². The van der Waals surface area contributed by atoms with Crippen molar-refractivity contribution in [1.29, 1.82) is 0 Å². The minimum atomic E-state index is -0.217. The molecule has 1 saturated carbocycles. The van der Waals surface area contributed by atoms with E-state index in [1.165, 1.54) is 25.3 Å². The summed E-state index contributed by atoms with van der Waals surface area (Å²) >= 11 is 1.66. The van der Waals surface area contributed by atoms with Crippen LogP contribution in [0.15, 0.2) is 23.2 Å². The molecule has 0 atom stereocenters. The number of rotatable bonds is 9. The first kappa shape index (κ1) is 22.5. The molecule has 1 aliphatic carbocycles. The van der Waals surface area contributed by atoms with Crippen LogP contribution >= 0.6 is 11.8 Å². The summed E-state index contributed by atoms with van der Waals surface area (Å²) < 4.78 is 13.5. The van der Waals surface area contributed by atoms with Gasteiger partial charge in [0.1, 0.15) is 5.82 Å². The van der Waals surface area contributed by atoms with Gasteiger partial charge < -0.3 is 16.0 Å². The van der Waals surface area contributed by atoms with Gasteiger partial charge in [-0.3, -0.25) is 4.79 Å². The summed E-state index contributed by atoms with van der Waals surface area (Å²) in [7, 11) is 0. The number of carbonyl (C=O) groups is 1. The van der Waals surface area contributed by atoms with Crippen molar-refractivity contribution in [3.63, 3.8) is 0 Å². The van der Waals surface area contributed by atoms with Crippen molar-refractivity contribution in [2.45, 2.75) is 63.8 Å². The molecule has 2 rings (SSSR count). The maximum atomic E-state index is 13.5. The Hall–Kier alpha value is -1.76. The highest BCUT2D eigenvalue weighted by Crippen LogP contribution is 2.18. The van der Waals surface area contributed by atoms with Crippen molar-refractivity contribution in [3.05, 3.63) is 35.1 Å². The van der Waals surface area contributed by atoms with Gasteiger partial charge in [-0.05, 0) is 49.3 Å². The van der Waals surface area contributed by atoms with Gasteiger partial charge in [-0.15, -0.1) is 0 Å². The zero-order valence-electron chi connectivity index (χ0n) is 17.0. The Labute approximate surface area is 172 Å². The fourth-order valence-electron chi connectivity index (χ4n) is 3.39. The lowest BCUT2D eigenvalue weighted by atomic mass is 9.95. The number of hydrogen-bond donors (Lipinski definition) is 3. The number of nitrogens with one attached hydrogen (secondary N) is 3. The van der Waals surface area contributed by atoms with Gasteiger partial charge >= 0.3 is 0 Å². The van der Waals surface area contributed by atoms with E-state index in [4.69, 9.17) is 0 Å². The van der Waals surface area contributed by atoms with Crippen LogP contribution in [0.2, 0.25) is 0 Å². The van der Waals surface area contributed by atoms with E-state index in [0.29, 0.717) is 31.5 Å². The number of thioether (sulfide) groups is 1. The molecule has 0 heterocycles. The van der Waals surface area contributed by atoms with E-state index in [9.17, 15) is 9.18 Å². The molecule has 0 aliphatic heterocycles. The first-order valence-electron chi connectivity index (χ1n) is 10.2. The van der Waals surface area contributed by atoms with Crippen LogP contribution in [0.3, 0.4) is 0 Å². The molecule has 0 spiro atoms. The lowest BCUT2D eigenvalue weighted by Crippen LogP contribution is -2.41. The summed E-state index contributed by atoms with van der Waals surface area (Å²) in [6, 6.07) is 5.20. The lowest BCUT2D eigenvalue weighted by Gasteiger charge is -2.22. The smallest absolute Gasteiger partial charge is 0.221 e. The van der Waals surface area contributed by atoms with Crippen molar-refractivity contribution in [3.8, 4) is 0 Å². The second-order valence-corrected chi connectivity index (χ2v) is 7.99. The van der Waals surface area contributed by atoms with Gasteiger partial charge in [-0.2, -0.15) is 11.8 Å². The molecule has 3 N–H and O–H groups in total. The van der Waals surface area contributed by atoms with Crippen molar-refractivity contribution in [2.24, 2.45) is 4.99 Å². The van der Waals surface area contributed by atoms with Crippen LogP contribution in [0.25, 0.3) is 0 Å². The van der Waals surface area contributed by atoms with Gasteiger partial charge in [0.05, 0.1) is 6.54 Å². The SMILES string of the molecule is CCNC(=NCc1ccc(F)cc1CSC)NCCC(=O)NC1CCCCC1. The molecule has 156 valence electrons. The predicted molar refractivity (Wildman–Crippen MR) is 116 cm³/mol. The summed E-state index contributed by atoms with van der Waals surface area (Å²) in [6.45, 7) is 3.75. The van der Waals surface area contributed by atoms with Crippen LogP contribution in [-0.4, -0.2) is 37.3 Å². The third kappa shape index (κ3) is 8.09. The molecule has 0 saturated heterocycles. The van der Waals surface area contributed by atoms with Crippen molar-refractivity contribution >= 4 is 23.6 Å². The maximum Gasteiger partial charge on any atom is 0.221 e. The van der Waals surface area contributed by atoms with Crippen LogP contribution < -0.4 is 16.0 Å². The molecule has 1 fully saturated rings. The van der Waals surface area contributed by atoms with Gasteiger partial charge in [-0.25, -0.2) is 9.38 Å². The third-order valence-electron chi connectivity index (χ3n) is 4.83. The number of carbonyl (C=O) groups excluding carboxylic acids is 1. The van der Waals surface area contributed by atoms with Gasteiger partial charge in [0.25, 0.3) is 0 Å². The van der Waals surface area contributed by atoms with E-state index < -0.39 is 0 Å². The monoisotopic (exact) mass is 408 g/mol. The molecule has 1 amide bonds. The summed E-state index contributed by atoms with van der Waals surface area (Å²) in [4.78, 5) is 16.7. The first-order valence-corrected chi connectivity index (χ1v) is 11.6. The highest BCUT2D eigenvalue weighted by Gasteiger charge is 2.15. The maximum absolute atomic E-state index is 13.5. The molecule has 5 nitrogen and oxygen atoms in total.